The number of anilines is 1. The Hall–Kier alpha value is -2.75. The number of benzene rings is 1. The van der Waals surface area contributed by atoms with Gasteiger partial charge < -0.3 is 14.8 Å². The van der Waals surface area contributed by atoms with E-state index in [1.54, 1.807) is 43.0 Å². The zero-order valence-electron chi connectivity index (χ0n) is 15.7. The number of carbonyl (C=O) groups is 1. The second kappa shape index (κ2) is 8.73. The fourth-order valence-corrected chi connectivity index (χ4v) is 4.96. The Labute approximate surface area is 179 Å². The first-order valence-corrected chi connectivity index (χ1v) is 11.3. The van der Waals surface area contributed by atoms with Gasteiger partial charge in [-0.05, 0) is 23.6 Å². The van der Waals surface area contributed by atoms with Crippen LogP contribution in [-0.4, -0.2) is 30.1 Å². The first-order valence-electron chi connectivity index (χ1n) is 8.61. The van der Waals surface area contributed by atoms with Crippen molar-refractivity contribution in [3.8, 4) is 33.3 Å². The molecule has 0 radical (unpaired) electrons. The molecule has 0 saturated heterocycles. The quantitative estimate of drug-likeness (QED) is 0.425. The molecule has 3 heterocycles. The van der Waals surface area contributed by atoms with E-state index in [2.05, 4.69) is 15.3 Å². The standard InChI is InChI=1S/C20H17N3O3S3/c1-25-14-3-4-15(17(8-14)26-2)16-11-29-20(22-16)23-18(24)7-13-10-28-19(21-13)12-5-6-27-9-12/h3-6,8-11H,7H2,1-2H3,(H,22,23,24). The maximum Gasteiger partial charge on any atom is 0.232 e. The molecule has 0 unspecified atom stereocenters. The van der Waals surface area contributed by atoms with Gasteiger partial charge in [-0.2, -0.15) is 11.3 Å². The molecule has 4 aromatic rings. The molecule has 0 aliphatic rings. The van der Waals surface area contributed by atoms with Crippen LogP contribution in [0.3, 0.4) is 0 Å². The normalized spacial score (nSPS) is 10.7. The van der Waals surface area contributed by atoms with Crippen molar-refractivity contribution in [3.63, 3.8) is 0 Å². The fourth-order valence-electron chi connectivity index (χ4n) is 2.70. The van der Waals surface area contributed by atoms with Crippen molar-refractivity contribution < 1.29 is 14.3 Å². The monoisotopic (exact) mass is 443 g/mol. The molecule has 29 heavy (non-hydrogen) atoms. The average molecular weight is 444 g/mol. The van der Waals surface area contributed by atoms with Crippen LogP contribution in [-0.2, 0) is 11.2 Å². The van der Waals surface area contributed by atoms with Crippen molar-refractivity contribution in [2.45, 2.75) is 6.42 Å². The number of thiazole rings is 2. The number of nitrogens with zero attached hydrogens (tertiary/aromatic N) is 2. The van der Waals surface area contributed by atoms with Crippen LogP contribution in [0.1, 0.15) is 5.69 Å². The fraction of sp³-hybridized carbons (Fsp3) is 0.150. The van der Waals surface area contributed by atoms with Crippen molar-refractivity contribution in [2.24, 2.45) is 0 Å². The Morgan fingerprint density at radius 2 is 1.97 bits per heavy atom. The minimum Gasteiger partial charge on any atom is -0.497 e. The van der Waals surface area contributed by atoms with Gasteiger partial charge in [-0.1, -0.05) is 0 Å². The van der Waals surface area contributed by atoms with Gasteiger partial charge in [0.25, 0.3) is 0 Å². The minimum atomic E-state index is -0.144. The molecule has 0 bridgehead atoms. The Balaban J connectivity index is 1.43. The van der Waals surface area contributed by atoms with Crippen LogP contribution >= 0.6 is 34.0 Å². The lowest BCUT2D eigenvalue weighted by Gasteiger charge is -2.08. The summed E-state index contributed by atoms with van der Waals surface area (Å²) in [6.45, 7) is 0. The molecule has 0 spiro atoms. The number of aromatic nitrogens is 2. The topological polar surface area (TPSA) is 73.3 Å². The van der Waals surface area contributed by atoms with E-state index in [4.69, 9.17) is 9.47 Å². The number of hydrogen-bond donors (Lipinski definition) is 1. The number of ether oxygens (including phenoxy) is 2. The van der Waals surface area contributed by atoms with Gasteiger partial charge in [-0.15, -0.1) is 22.7 Å². The van der Waals surface area contributed by atoms with Crippen LogP contribution in [0.15, 0.2) is 45.8 Å². The van der Waals surface area contributed by atoms with Gasteiger partial charge in [0.05, 0.1) is 32.0 Å². The summed E-state index contributed by atoms with van der Waals surface area (Å²) in [6.07, 6.45) is 0.210. The number of nitrogens with one attached hydrogen (secondary N) is 1. The van der Waals surface area contributed by atoms with E-state index in [0.29, 0.717) is 16.6 Å². The molecular weight excluding hydrogens is 426 g/mol. The van der Waals surface area contributed by atoms with Crippen molar-refractivity contribution in [2.75, 3.05) is 19.5 Å². The average Bonchev–Trinajstić information content (AvgIpc) is 3.49. The molecule has 3 aromatic heterocycles. The predicted octanol–water partition coefficient (Wildman–Crippen LogP) is 5.19. The highest BCUT2D eigenvalue weighted by Crippen LogP contribution is 2.35. The Kier molecular flexibility index (Phi) is 5.89. The molecule has 6 nitrogen and oxygen atoms in total. The van der Waals surface area contributed by atoms with Crippen LogP contribution in [0.25, 0.3) is 21.8 Å². The van der Waals surface area contributed by atoms with Gasteiger partial charge in [0.2, 0.25) is 5.91 Å². The number of methoxy groups -OCH3 is 2. The minimum absolute atomic E-state index is 0.144. The molecule has 4 rings (SSSR count). The summed E-state index contributed by atoms with van der Waals surface area (Å²) in [7, 11) is 3.21. The third-order valence-corrected chi connectivity index (χ3v) is 6.48. The lowest BCUT2D eigenvalue weighted by Crippen LogP contribution is -2.14. The summed E-state index contributed by atoms with van der Waals surface area (Å²) >= 11 is 4.54. The Morgan fingerprint density at radius 3 is 2.72 bits per heavy atom. The van der Waals surface area contributed by atoms with E-state index < -0.39 is 0 Å². The Morgan fingerprint density at radius 1 is 1.07 bits per heavy atom. The molecule has 0 saturated carbocycles. The highest BCUT2D eigenvalue weighted by Gasteiger charge is 2.14. The molecule has 1 N–H and O–H groups in total. The van der Waals surface area contributed by atoms with Gasteiger partial charge in [0.15, 0.2) is 5.13 Å². The molecule has 0 atom stereocenters. The maximum absolute atomic E-state index is 12.4. The SMILES string of the molecule is COc1ccc(-c2csc(NC(=O)Cc3csc(-c4ccsc4)n3)n2)c(OC)c1. The van der Waals surface area contributed by atoms with Crippen molar-refractivity contribution in [3.05, 3.63) is 51.5 Å². The van der Waals surface area contributed by atoms with E-state index >= 15 is 0 Å². The van der Waals surface area contributed by atoms with Gasteiger partial charge in [0, 0.05) is 33.3 Å². The van der Waals surface area contributed by atoms with Crippen molar-refractivity contribution in [1.82, 2.24) is 9.97 Å². The van der Waals surface area contributed by atoms with Crippen LogP contribution in [0, 0.1) is 0 Å². The second-order valence-electron chi connectivity index (χ2n) is 5.99. The van der Waals surface area contributed by atoms with Crippen LogP contribution in [0.4, 0.5) is 5.13 Å². The van der Waals surface area contributed by atoms with Crippen LogP contribution in [0.5, 0.6) is 11.5 Å². The molecule has 9 heteroatoms. The summed E-state index contributed by atoms with van der Waals surface area (Å²) in [5.41, 5.74) is 3.41. The Bertz CT molecular complexity index is 1120. The van der Waals surface area contributed by atoms with E-state index in [-0.39, 0.29) is 12.3 Å². The zero-order chi connectivity index (χ0) is 20.2. The van der Waals surface area contributed by atoms with E-state index in [1.165, 1.54) is 11.3 Å². The molecule has 148 valence electrons. The van der Waals surface area contributed by atoms with E-state index in [1.807, 2.05) is 39.7 Å². The van der Waals surface area contributed by atoms with Gasteiger partial charge in [-0.3, -0.25) is 4.79 Å². The van der Waals surface area contributed by atoms with E-state index in [0.717, 1.165) is 27.5 Å². The number of thiophene rings is 1. The summed E-state index contributed by atoms with van der Waals surface area (Å²) < 4.78 is 10.7. The first kappa shape index (κ1) is 19.6. The molecule has 0 aliphatic carbocycles. The number of rotatable bonds is 7. The van der Waals surface area contributed by atoms with Gasteiger partial charge in [-0.25, -0.2) is 9.97 Å². The van der Waals surface area contributed by atoms with Gasteiger partial charge >= 0.3 is 0 Å². The highest BCUT2D eigenvalue weighted by atomic mass is 32.1. The van der Waals surface area contributed by atoms with Gasteiger partial charge in [0.1, 0.15) is 16.5 Å². The number of hydrogen-bond acceptors (Lipinski definition) is 8. The molecule has 1 amide bonds. The molecule has 0 fully saturated rings. The summed E-state index contributed by atoms with van der Waals surface area (Å²) in [5.74, 6) is 1.23. The molecule has 1 aromatic carbocycles. The van der Waals surface area contributed by atoms with Crippen molar-refractivity contribution >= 4 is 45.0 Å². The summed E-state index contributed by atoms with van der Waals surface area (Å²) in [4.78, 5) is 21.5. The van der Waals surface area contributed by atoms with Crippen molar-refractivity contribution in [1.29, 1.82) is 0 Å². The largest absolute Gasteiger partial charge is 0.497 e. The third kappa shape index (κ3) is 4.47. The number of carbonyl (C=O) groups excluding carboxylic acids is 1. The van der Waals surface area contributed by atoms with Crippen LogP contribution in [0.2, 0.25) is 0 Å². The van der Waals surface area contributed by atoms with E-state index in [9.17, 15) is 4.79 Å². The molecular formula is C20H17N3O3S3. The summed E-state index contributed by atoms with van der Waals surface area (Å²) in [6, 6.07) is 7.57. The highest BCUT2D eigenvalue weighted by molar-refractivity contribution is 7.14. The number of amides is 1. The lowest BCUT2D eigenvalue weighted by molar-refractivity contribution is -0.115. The lowest BCUT2D eigenvalue weighted by atomic mass is 10.1. The maximum atomic E-state index is 12.4. The van der Waals surface area contributed by atoms with Crippen LogP contribution < -0.4 is 14.8 Å². The smallest absolute Gasteiger partial charge is 0.232 e. The predicted molar refractivity (Wildman–Crippen MR) is 118 cm³/mol. The summed E-state index contributed by atoms with van der Waals surface area (Å²) in [5, 5.41) is 12.2. The first-order chi connectivity index (χ1) is 14.2. The molecule has 0 aliphatic heterocycles. The second-order valence-corrected chi connectivity index (χ2v) is 8.48. The zero-order valence-corrected chi connectivity index (χ0v) is 18.1. The third-order valence-electron chi connectivity index (χ3n) is 4.10.